The minimum Gasteiger partial charge on any atom is -0.545 e. The van der Waals surface area contributed by atoms with Crippen molar-refractivity contribution in [2.45, 2.75) is 12.8 Å². The lowest BCUT2D eigenvalue weighted by Gasteiger charge is -2.11. The molecule has 0 aliphatic heterocycles. The van der Waals surface area contributed by atoms with Gasteiger partial charge in [0.25, 0.3) is 0 Å². The number of carbonyl (C=O) groups excluding carboxylic acids is 1. The fourth-order valence-corrected chi connectivity index (χ4v) is 1.16. The lowest BCUT2D eigenvalue weighted by atomic mass is 10.2. The minimum absolute atomic E-state index is 0.0569. The molecule has 0 fully saturated rings. The van der Waals surface area contributed by atoms with Crippen molar-refractivity contribution in [2.24, 2.45) is 0 Å². The van der Waals surface area contributed by atoms with E-state index in [4.69, 9.17) is 9.84 Å². The van der Waals surface area contributed by atoms with Crippen LogP contribution in [0.2, 0.25) is 0 Å². The van der Waals surface area contributed by atoms with Crippen molar-refractivity contribution in [3.8, 4) is 5.75 Å². The number of rotatable bonds is 6. The first-order valence-corrected chi connectivity index (χ1v) is 4.79. The van der Waals surface area contributed by atoms with Crippen LogP contribution in [0.1, 0.15) is 23.2 Å². The molecule has 1 N–H and O–H groups in total. The summed E-state index contributed by atoms with van der Waals surface area (Å²) in [7, 11) is 0. The Hall–Kier alpha value is -1.55. The number of carboxylic acid groups (broad SMARTS) is 1. The Bertz CT molecular complexity index is 322. The van der Waals surface area contributed by atoms with E-state index in [0.717, 1.165) is 0 Å². The summed E-state index contributed by atoms with van der Waals surface area (Å²) in [4.78, 5) is 10.7. The van der Waals surface area contributed by atoms with Crippen LogP contribution in [0.25, 0.3) is 0 Å². The molecule has 0 aliphatic rings. The summed E-state index contributed by atoms with van der Waals surface area (Å²) in [6, 6.07) is 6.35. The van der Waals surface area contributed by atoms with Gasteiger partial charge in [-0.3, -0.25) is 0 Å². The molecule has 0 bridgehead atoms. The van der Waals surface area contributed by atoms with Gasteiger partial charge in [-0.2, -0.15) is 0 Å². The lowest BCUT2D eigenvalue weighted by Crippen LogP contribution is -2.23. The molecule has 1 aromatic carbocycles. The van der Waals surface area contributed by atoms with Crippen molar-refractivity contribution in [3.63, 3.8) is 0 Å². The molecule has 0 aliphatic carbocycles. The van der Waals surface area contributed by atoms with E-state index in [1.54, 1.807) is 18.2 Å². The monoisotopic (exact) mass is 209 g/mol. The maximum absolute atomic E-state index is 10.7. The lowest BCUT2D eigenvalue weighted by molar-refractivity contribution is -0.255. The van der Waals surface area contributed by atoms with Crippen LogP contribution in [0.3, 0.4) is 0 Å². The molecular weight excluding hydrogens is 196 g/mol. The number of aliphatic hydroxyl groups excluding tert-OH is 1. The van der Waals surface area contributed by atoms with Crippen molar-refractivity contribution in [2.75, 3.05) is 13.2 Å². The second-order valence-corrected chi connectivity index (χ2v) is 3.06. The Labute approximate surface area is 88.1 Å². The average Bonchev–Trinajstić information content (AvgIpc) is 2.25. The molecule has 4 nitrogen and oxygen atoms in total. The molecule has 1 aromatic rings. The van der Waals surface area contributed by atoms with Crippen LogP contribution in [0.4, 0.5) is 0 Å². The van der Waals surface area contributed by atoms with Gasteiger partial charge in [0, 0.05) is 12.2 Å². The molecule has 82 valence electrons. The Morgan fingerprint density at radius 2 is 2.07 bits per heavy atom. The van der Waals surface area contributed by atoms with Gasteiger partial charge in [-0.25, -0.2) is 0 Å². The van der Waals surface area contributed by atoms with Gasteiger partial charge in [-0.05, 0) is 25.0 Å². The van der Waals surface area contributed by atoms with E-state index in [2.05, 4.69) is 0 Å². The van der Waals surface area contributed by atoms with Crippen molar-refractivity contribution in [1.29, 1.82) is 0 Å². The SMILES string of the molecule is O=C([O-])c1ccccc1OCCCCO. The van der Waals surface area contributed by atoms with Gasteiger partial charge in [-0.1, -0.05) is 12.1 Å². The molecule has 0 amide bonds. The van der Waals surface area contributed by atoms with Gasteiger partial charge in [0.1, 0.15) is 5.75 Å². The molecule has 0 saturated heterocycles. The van der Waals surface area contributed by atoms with Crippen LogP contribution in [0, 0.1) is 0 Å². The number of hydrogen-bond donors (Lipinski definition) is 1. The molecule has 0 saturated carbocycles. The van der Waals surface area contributed by atoms with E-state index in [9.17, 15) is 9.90 Å². The first-order valence-electron chi connectivity index (χ1n) is 4.79. The Balaban J connectivity index is 2.56. The smallest absolute Gasteiger partial charge is 0.128 e. The molecule has 1 rings (SSSR count). The van der Waals surface area contributed by atoms with E-state index >= 15 is 0 Å². The molecule has 0 radical (unpaired) electrons. The van der Waals surface area contributed by atoms with E-state index in [1.165, 1.54) is 6.07 Å². The number of carboxylic acids is 1. The molecular formula is C11H13O4-. The summed E-state index contributed by atoms with van der Waals surface area (Å²) >= 11 is 0. The molecule has 0 spiro atoms. The van der Waals surface area contributed by atoms with Gasteiger partial charge in [-0.15, -0.1) is 0 Å². The third kappa shape index (κ3) is 3.59. The zero-order valence-electron chi connectivity index (χ0n) is 8.31. The largest absolute Gasteiger partial charge is 0.545 e. The molecule has 0 aromatic heterocycles. The van der Waals surface area contributed by atoms with Crippen LogP contribution >= 0.6 is 0 Å². The van der Waals surface area contributed by atoms with Gasteiger partial charge in [0.2, 0.25) is 0 Å². The van der Waals surface area contributed by atoms with Crippen molar-refractivity contribution < 1.29 is 19.7 Å². The maximum atomic E-state index is 10.7. The zero-order chi connectivity index (χ0) is 11.1. The van der Waals surface area contributed by atoms with Gasteiger partial charge in [0.05, 0.1) is 12.6 Å². The summed E-state index contributed by atoms with van der Waals surface area (Å²) < 4.78 is 5.27. The number of aromatic carboxylic acids is 1. The highest BCUT2D eigenvalue weighted by atomic mass is 16.5. The molecule has 4 heteroatoms. The molecule has 0 unspecified atom stereocenters. The quantitative estimate of drug-likeness (QED) is 0.679. The average molecular weight is 209 g/mol. The summed E-state index contributed by atoms with van der Waals surface area (Å²) in [5.41, 5.74) is 0.0569. The Kier molecular flexibility index (Phi) is 4.63. The highest BCUT2D eigenvalue weighted by molar-refractivity contribution is 5.89. The van der Waals surface area contributed by atoms with Crippen LogP contribution in [0.5, 0.6) is 5.75 Å². The van der Waals surface area contributed by atoms with Crippen LogP contribution in [0.15, 0.2) is 24.3 Å². The zero-order valence-corrected chi connectivity index (χ0v) is 8.31. The second-order valence-electron chi connectivity index (χ2n) is 3.06. The van der Waals surface area contributed by atoms with Gasteiger partial charge in [0.15, 0.2) is 0 Å². The number of ether oxygens (including phenoxy) is 1. The first kappa shape index (κ1) is 11.5. The Morgan fingerprint density at radius 1 is 1.33 bits per heavy atom. The van der Waals surface area contributed by atoms with E-state index < -0.39 is 5.97 Å². The van der Waals surface area contributed by atoms with E-state index in [0.29, 0.717) is 25.2 Å². The van der Waals surface area contributed by atoms with Crippen molar-refractivity contribution in [1.82, 2.24) is 0 Å². The third-order valence-electron chi connectivity index (χ3n) is 1.92. The van der Waals surface area contributed by atoms with Crippen LogP contribution < -0.4 is 9.84 Å². The highest BCUT2D eigenvalue weighted by Crippen LogP contribution is 2.17. The third-order valence-corrected chi connectivity index (χ3v) is 1.92. The number of aliphatic hydroxyl groups is 1. The summed E-state index contributed by atoms with van der Waals surface area (Å²) in [6.07, 6.45) is 1.34. The molecule has 15 heavy (non-hydrogen) atoms. The predicted molar refractivity (Wildman–Crippen MR) is 52.6 cm³/mol. The number of benzene rings is 1. The number of carbonyl (C=O) groups is 1. The maximum Gasteiger partial charge on any atom is 0.128 e. The number of para-hydroxylation sites is 1. The topological polar surface area (TPSA) is 69.6 Å². The minimum atomic E-state index is -1.24. The van der Waals surface area contributed by atoms with Crippen LogP contribution in [-0.4, -0.2) is 24.3 Å². The standard InChI is InChI=1S/C11H14O4/c12-7-3-4-8-15-10-6-2-1-5-9(10)11(13)14/h1-2,5-6,12H,3-4,7-8H2,(H,13,14)/p-1. The normalized spacial score (nSPS) is 9.93. The second kappa shape index (κ2) is 6.03. The number of unbranched alkanes of at least 4 members (excludes halogenated alkanes) is 1. The van der Waals surface area contributed by atoms with Crippen LogP contribution in [-0.2, 0) is 0 Å². The van der Waals surface area contributed by atoms with Gasteiger partial charge >= 0.3 is 0 Å². The molecule has 0 atom stereocenters. The van der Waals surface area contributed by atoms with E-state index in [-0.39, 0.29) is 12.2 Å². The first-order chi connectivity index (χ1) is 7.25. The Morgan fingerprint density at radius 3 is 2.73 bits per heavy atom. The summed E-state index contributed by atoms with van der Waals surface area (Å²) in [6.45, 7) is 0.510. The number of hydrogen-bond acceptors (Lipinski definition) is 4. The predicted octanol–water partition coefficient (Wildman–Crippen LogP) is 0.201. The van der Waals surface area contributed by atoms with Crippen molar-refractivity contribution >= 4 is 5.97 Å². The molecule has 0 heterocycles. The van der Waals surface area contributed by atoms with Crippen molar-refractivity contribution in [3.05, 3.63) is 29.8 Å². The van der Waals surface area contributed by atoms with Gasteiger partial charge < -0.3 is 19.7 Å². The fourth-order valence-electron chi connectivity index (χ4n) is 1.16. The van der Waals surface area contributed by atoms with E-state index in [1.807, 2.05) is 0 Å². The summed E-state index contributed by atoms with van der Waals surface area (Å²) in [5.74, 6) is -0.928. The highest BCUT2D eigenvalue weighted by Gasteiger charge is 2.02. The summed E-state index contributed by atoms with van der Waals surface area (Å²) in [5, 5.41) is 19.2. The fraction of sp³-hybridized carbons (Fsp3) is 0.364.